The van der Waals surface area contributed by atoms with Crippen molar-refractivity contribution in [3.63, 3.8) is 0 Å². The molecular weight excluding hydrogens is 432 g/mol. The van der Waals surface area contributed by atoms with Gasteiger partial charge in [0.2, 0.25) is 0 Å². The molecule has 0 radical (unpaired) electrons. The number of nitrogens with one attached hydrogen (secondary N) is 1. The summed E-state index contributed by atoms with van der Waals surface area (Å²) in [5.41, 5.74) is 2.77. The Balaban J connectivity index is 1.58. The molecule has 6 nitrogen and oxygen atoms in total. The van der Waals surface area contributed by atoms with Crippen molar-refractivity contribution in [2.45, 2.75) is 4.34 Å². The lowest BCUT2D eigenvalue weighted by Gasteiger charge is -2.03. The Bertz CT molecular complexity index is 1280. The number of nitrogens with zero attached hydrogens (tertiary/aromatic N) is 3. The zero-order chi connectivity index (χ0) is 19.3. The molecule has 5 aromatic rings. The minimum absolute atomic E-state index is 0.723. The summed E-state index contributed by atoms with van der Waals surface area (Å²) in [7, 11) is 3.30. The van der Waals surface area contributed by atoms with Crippen molar-refractivity contribution in [2.24, 2.45) is 0 Å². The zero-order valence-corrected chi connectivity index (χ0v) is 18.4. The fourth-order valence-corrected chi connectivity index (χ4v) is 6.62. The Hall–Kier alpha value is -2.14. The summed E-state index contributed by atoms with van der Waals surface area (Å²) in [6.45, 7) is 0. The lowest BCUT2D eigenvalue weighted by molar-refractivity contribution is 0.410. The molecule has 0 aliphatic carbocycles. The van der Waals surface area contributed by atoms with E-state index in [1.807, 2.05) is 30.5 Å². The molecule has 5 rings (SSSR count). The highest BCUT2D eigenvalue weighted by molar-refractivity contribution is 8.00. The van der Waals surface area contributed by atoms with Crippen LogP contribution in [0.4, 0.5) is 10.3 Å². The minimum Gasteiger partial charge on any atom is -0.495 e. The standard InChI is InChI=1S/C18H14N4O2S4/c1-23-10-6-7-11(24-2)15-12(10)21-17(27-15)22-16-19-8-4-5-9-14(13(8)26-16)28-18(20-9)25-3/h4-7H,1-3H3,(H,19,21,22). The monoisotopic (exact) mass is 446 g/mol. The largest absolute Gasteiger partial charge is 0.495 e. The Labute approximate surface area is 176 Å². The first-order chi connectivity index (χ1) is 13.7. The number of benzene rings is 2. The summed E-state index contributed by atoms with van der Waals surface area (Å²) < 4.78 is 15.2. The summed E-state index contributed by atoms with van der Waals surface area (Å²) in [6, 6.07) is 7.81. The normalized spacial score (nSPS) is 11.5. The van der Waals surface area contributed by atoms with Crippen molar-refractivity contribution in [3.8, 4) is 11.5 Å². The second kappa shape index (κ2) is 7.03. The van der Waals surface area contributed by atoms with Gasteiger partial charge < -0.3 is 14.8 Å². The van der Waals surface area contributed by atoms with E-state index in [-0.39, 0.29) is 0 Å². The van der Waals surface area contributed by atoms with Crippen molar-refractivity contribution >= 4 is 86.7 Å². The van der Waals surface area contributed by atoms with E-state index in [1.54, 1.807) is 48.7 Å². The van der Waals surface area contributed by atoms with E-state index in [0.717, 1.165) is 52.1 Å². The van der Waals surface area contributed by atoms with Crippen LogP contribution in [0.3, 0.4) is 0 Å². The predicted molar refractivity (Wildman–Crippen MR) is 121 cm³/mol. The third kappa shape index (κ3) is 2.87. The van der Waals surface area contributed by atoms with E-state index in [0.29, 0.717) is 0 Å². The van der Waals surface area contributed by atoms with Gasteiger partial charge in [-0.2, -0.15) is 0 Å². The van der Waals surface area contributed by atoms with Crippen LogP contribution in [0.2, 0.25) is 0 Å². The average molecular weight is 447 g/mol. The molecule has 0 amide bonds. The molecule has 0 bridgehead atoms. The molecule has 1 N–H and O–H groups in total. The molecule has 0 unspecified atom stereocenters. The van der Waals surface area contributed by atoms with Crippen LogP contribution < -0.4 is 14.8 Å². The van der Waals surface area contributed by atoms with E-state index < -0.39 is 0 Å². The van der Waals surface area contributed by atoms with Crippen LogP contribution in [0, 0.1) is 0 Å². The van der Waals surface area contributed by atoms with Crippen LogP contribution in [-0.4, -0.2) is 35.4 Å². The SMILES string of the molecule is COc1ccc(OC)c2sc(Nc3nc4ccc5nc(SC)sc5c4s3)nc12. The van der Waals surface area contributed by atoms with Crippen LogP contribution in [0.15, 0.2) is 28.6 Å². The molecule has 28 heavy (non-hydrogen) atoms. The molecule has 0 atom stereocenters. The van der Waals surface area contributed by atoms with Crippen LogP contribution in [0.1, 0.15) is 0 Å². The fraction of sp³-hybridized carbons (Fsp3) is 0.167. The molecule has 2 aromatic carbocycles. The summed E-state index contributed by atoms with van der Waals surface area (Å²) in [4.78, 5) is 14.1. The first-order valence-electron chi connectivity index (χ1n) is 8.22. The first kappa shape index (κ1) is 17.9. The van der Waals surface area contributed by atoms with Gasteiger partial charge in [-0.15, -0.1) is 11.3 Å². The van der Waals surface area contributed by atoms with E-state index in [4.69, 9.17) is 19.4 Å². The second-order valence-corrected chi connectivity index (χ2v) is 9.81. The molecule has 0 spiro atoms. The molecule has 0 saturated carbocycles. The number of hydrogen-bond acceptors (Lipinski definition) is 10. The lowest BCUT2D eigenvalue weighted by atomic mass is 10.3. The minimum atomic E-state index is 0.723. The molecule has 0 aliphatic heterocycles. The van der Waals surface area contributed by atoms with Gasteiger partial charge in [0.25, 0.3) is 0 Å². The summed E-state index contributed by atoms with van der Waals surface area (Å²) in [5.74, 6) is 1.50. The molecule has 0 saturated heterocycles. The molecule has 142 valence electrons. The lowest BCUT2D eigenvalue weighted by Crippen LogP contribution is -1.89. The maximum Gasteiger partial charge on any atom is 0.190 e. The summed E-state index contributed by atoms with van der Waals surface area (Å²) in [6.07, 6.45) is 2.05. The Kier molecular flexibility index (Phi) is 4.50. The van der Waals surface area contributed by atoms with Crippen LogP contribution in [-0.2, 0) is 0 Å². The van der Waals surface area contributed by atoms with Crippen molar-refractivity contribution in [1.29, 1.82) is 0 Å². The van der Waals surface area contributed by atoms with Gasteiger partial charge in [-0.3, -0.25) is 0 Å². The second-order valence-electron chi connectivity index (χ2n) is 5.76. The molecule has 3 heterocycles. The number of hydrogen-bond donors (Lipinski definition) is 1. The Morgan fingerprint density at radius 1 is 0.786 bits per heavy atom. The maximum atomic E-state index is 5.47. The highest BCUT2D eigenvalue weighted by Crippen LogP contribution is 2.42. The van der Waals surface area contributed by atoms with E-state index in [2.05, 4.69) is 10.3 Å². The molecule has 0 aliphatic rings. The van der Waals surface area contributed by atoms with Gasteiger partial charge in [0.1, 0.15) is 21.7 Å². The predicted octanol–water partition coefficient (Wildman–Crippen LogP) is 6.00. The number of thioether (sulfide) groups is 1. The average Bonchev–Trinajstić information content (AvgIpc) is 3.42. The Morgan fingerprint density at radius 3 is 2.18 bits per heavy atom. The van der Waals surface area contributed by atoms with Crippen LogP contribution >= 0.6 is 45.8 Å². The smallest absolute Gasteiger partial charge is 0.190 e. The number of ether oxygens (including phenoxy) is 2. The molecule has 10 heteroatoms. The van der Waals surface area contributed by atoms with Crippen molar-refractivity contribution in [2.75, 3.05) is 25.8 Å². The number of fused-ring (bicyclic) bond motifs is 4. The zero-order valence-electron chi connectivity index (χ0n) is 15.1. The third-order valence-corrected chi connectivity index (χ3v) is 8.38. The van der Waals surface area contributed by atoms with Gasteiger partial charge in [-0.25, -0.2) is 15.0 Å². The van der Waals surface area contributed by atoms with Crippen molar-refractivity contribution in [1.82, 2.24) is 15.0 Å². The third-order valence-electron chi connectivity index (χ3n) is 4.19. The van der Waals surface area contributed by atoms with E-state index in [1.165, 1.54) is 16.0 Å². The fourth-order valence-electron chi connectivity index (χ4n) is 2.92. The van der Waals surface area contributed by atoms with Gasteiger partial charge in [0, 0.05) is 0 Å². The highest BCUT2D eigenvalue weighted by Gasteiger charge is 2.16. The van der Waals surface area contributed by atoms with Crippen molar-refractivity contribution < 1.29 is 9.47 Å². The van der Waals surface area contributed by atoms with Crippen LogP contribution in [0.5, 0.6) is 11.5 Å². The van der Waals surface area contributed by atoms with Gasteiger partial charge in [-0.1, -0.05) is 34.4 Å². The Morgan fingerprint density at radius 2 is 1.43 bits per heavy atom. The quantitative estimate of drug-likeness (QED) is 0.332. The van der Waals surface area contributed by atoms with Gasteiger partial charge in [-0.05, 0) is 30.5 Å². The van der Waals surface area contributed by atoms with E-state index in [9.17, 15) is 0 Å². The van der Waals surface area contributed by atoms with Crippen molar-refractivity contribution in [3.05, 3.63) is 24.3 Å². The summed E-state index contributed by atoms with van der Waals surface area (Å²) >= 11 is 6.51. The molecule has 3 aromatic heterocycles. The topological polar surface area (TPSA) is 69.2 Å². The van der Waals surface area contributed by atoms with Gasteiger partial charge in [0.15, 0.2) is 14.6 Å². The summed E-state index contributed by atoms with van der Waals surface area (Å²) in [5, 5.41) is 4.91. The number of methoxy groups -OCH3 is 2. The number of anilines is 2. The van der Waals surface area contributed by atoms with E-state index >= 15 is 0 Å². The van der Waals surface area contributed by atoms with Gasteiger partial charge in [0.05, 0.1) is 34.7 Å². The number of rotatable bonds is 5. The van der Waals surface area contributed by atoms with Crippen LogP contribution in [0.25, 0.3) is 30.6 Å². The molecule has 0 fully saturated rings. The highest BCUT2D eigenvalue weighted by atomic mass is 32.2. The van der Waals surface area contributed by atoms with Gasteiger partial charge >= 0.3 is 0 Å². The first-order valence-corrected chi connectivity index (χ1v) is 11.9. The number of aromatic nitrogens is 3. The maximum absolute atomic E-state index is 5.47. The molecular formula is C18H14N4O2S4. The number of thiazole rings is 3.